The number of fused-ring (bicyclic) bond motifs is 1. The lowest BCUT2D eigenvalue weighted by Crippen LogP contribution is -2.34. The van der Waals surface area contributed by atoms with E-state index in [2.05, 4.69) is 27.2 Å². The summed E-state index contributed by atoms with van der Waals surface area (Å²) in [5.41, 5.74) is 7.06. The Morgan fingerprint density at radius 3 is 2.57 bits per heavy atom. The number of hydrogen-bond acceptors (Lipinski definition) is 8. The van der Waals surface area contributed by atoms with Crippen LogP contribution in [0.15, 0.2) is 71.8 Å². The molecule has 2 aromatic carbocycles. The standard InChI is InChI=1S/C34H41N7O5/c1-4-6-7-10-21-46-34(44)39-32(35)24-12-15-26(16-13-24)37-23-30-38-27-22-25(14-17-28(27)40(30)3)33(43)41(20-18-31(42)45-5-2)29-11-8-9-19-36-29/h8-9,11-17,19,22,37H,4-7,10,18,20-21,23H2,1-3H3,(H2,35,39,44)/i12D,13D,15D,16D. The number of pyridine rings is 1. The van der Waals surface area contributed by atoms with Gasteiger partial charge in [-0.2, -0.15) is 4.99 Å². The van der Waals surface area contributed by atoms with Crippen LogP contribution in [-0.4, -0.2) is 58.1 Å². The lowest BCUT2D eigenvalue weighted by atomic mass is 10.1. The number of ether oxygens (including phenoxy) is 2. The predicted molar refractivity (Wildman–Crippen MR) is 178 cm³/mol. The third-order valence-electron chi connectivity index (χ3n) is 6.98. The molecule has 3 N–H and O–H groups in total. The van der Waals surface area contributed by atoms with E-state index in [1.807, 2.05) is 0 Å². The van der Waals surface area contributed by atoms with Gasteiger partial charge in [-0.25, -0.2) is 14.8 Å². The summed E-state index contributed by atoms with van der Waals surface area (Å²) in [7, 11) is 1.77. The van der Waals surface area contributed by atoms with Gasteiger partial charge in [0.25, 0.3) is 5.91 Å². The fourth-order valence-electron chi connectivity index (χ4n) is 4.54. The molecule has 4 aromatic rings. The molecule has 0 saturated carbocycles. The molecule has 0 spiro atoms. The topological polar surface area (TPSA) is 154 Å². The van der Waals surface area contributed by atoms with Gasteiger partial charge in [0, 0.05) is 36.6 Å². The number of aryl methyl sites for hydroxylation is 1. The number of hydrogen-bond donors (Lipinski definition) is 2. The molecule has 12 heteroatoms. The number of carbonyl (C=O) groups excluding carboxylic acids is 3. The molecule has 0 aliphatic rings. The van der Waals surface area contributed by atoms with Gasteiger partial charge in [0.2, 0.25) is 0 Å². The number of carbonyl (C=O) groups is 3. The first-order valence-corrected chi connectivity index (χ1v) is 15.2. The first-order valence-electron chi connectivity index (χ1n) is 17.2. The Balaban J connectivity index is 1.53. The number of amides is 2. The van der Waals surface area contributed by atoms with Crippen LogP contribution >= 0.6 is 0 Å². The Kier molecular flexibility index (Phi) is 10.3. The van der Waals surface area contributed by atoms with E-state index in [1.165, 1.54) is 4.90 Å². The summed E-state index contributed by atoms with van der Waals surface area (Å²) < 4.78 is 45.9. The highest BCUT2D eigenvalue weighted by Crippen LogP contribution is 2.21. The van der Waals surface area contributed by atoms with Crippen LogP contribution in [0.1, 0.15) is 73.2 Å². The molecule has 2 aromatic heterocycles. The molecule has 4 rings (SSSR count). The predicted octanol–water partition coefficient (Wildman–Crippen LogP) is 5.60. The van der Waals surface area contributed by atoms with Gasteiger partial charge in [-0.05, 0) is 67.8 Å². The van der Waals surface area contributed by atoms with Gasteiger partial charge in [0.05, 0.1) is 42.7 Å². The lowest BCUT2D eigenvalue weighted by Gasteiger charge is -2.21. The van der Waals surface area contributed by atoms with Crippen LogP contribution in [0.25, 0.3) is 11.0 Å². The number of rotatable bonds is 15. The largest absolute Gasteiger partial charge is 0.466 e. The monoisotopic (exact) mass is 631 g/mol. The number of imidazole rings is 1. The highest BCUT2D eigenvalue weighted by Gasteiger charge is 2.21. The molecule has 0 unspecified atom stereocenters. The van der Waals surface area contributed by atoms with Gasteiger partial charge >= 0.3 is 12.1 Å². The van der Waals surface area contributed by atoms with E-state index in [0.29, 0.717) is 34.7 Å². The maximum atomic E-state index is 13.7. The van der Waals surface area contributed by atoms with Crippen LogP contribution in [-0.2, 0) is 27.9 Å². The van der Waals surface area contributed by atoms with Crippen molar-refractivity contribution in [3.8, 4) is 0 Å². The molecule has 0 saturated heterocycles. The molecule has 0 fully saturated rings. The van der Waals surface area contributed by atoms with Crippen molar-refractivity contribution in [1.82, 2.24) is 14.5 Å². The van der Waals surface area contributed by atoms with Crippen molar-refractivity contribution >= 4 is 46.3 Å². The van der Waals surface area contributed by atoms with Crippen LogP contribution in [0.4, 0.5) is 16.3 Å². The Labute approximate surface area is 274 Å². The third kappa shape index (κ3) is 9.13. The van der Waals surface area contributed by atoms with Crippen molar-refractivity contribution in [2.45, 2.75) is 52.5 Å². The van der Waals surface area contributed by atoms with E-state index in [4.69, 9.17) is 20.7 Å². The number of nitrogens with zero attached hydrogens (tertiary/aromatic N) is 5. The number of esters is 1. The second kappa shape index (κ2) is 16.7. The minimum absolute atomic E-state index is 0.0119. The van der Waals surface area contributed by atoms with Crippen molar-refractivity contribution in [3.63, 3.8) is 0 Å². The van der Waals surface area contributed by atoms with E-state index in [-0.39, 0.29) is 49.9 Å². The van der Waals surface area contributed by atoms with Gasteiger partial charge in [0.15, 0.2) is 0 Å². The summed E-state index contributed by atoms with van der Waals surface area (Å²) in [6.45, 7) is 4.24. The molecule has 0 aliphatic carbocycles. The summed E-state index contributed by atoms with van der Waals surface area (Å²) in [5, 5.41) is 2.95. The summed E-state index contributed by atoms with van der Waals surface area (Å²) >= 11 is 0. The van der Waals surface area contributed by atoms with Crippen molar-refractivity contribution in [3.05, 3.63) is 83.7 Å². The first-order chi connectivity index (χ1) is 24.0. The first kappa shape index (κ1) is 28.2. The molecule has 242 valence electrons. The highest BCUT2D eigenvalue weighted by atomic mass is 16.5. The molecular weight excluding hydrogens is 586 g/mol. The third-order valence-corrected chi connectivity index (χ3v) is 6.98. The van der Waals surface area contributed by atoms with E-state index >= 15 is 0 Å². The smallest absolute Gasteiger partial charge is 0.435 e. The van der Waals surface area contributed by atoms with Crippen molar-refractivity contribution in [1.29, 1.82) is 0 Å². The van der Waals surface area contributed by atoms with Crippen molar-refractivity contribution in [2.24, 2.45) is 17.8 Å². The Bertz CT molecular complexity index is 1860. The minimum atomic E-state index is -0.967. The van der Waals surface area contributed by atoms with Gasteiger partial charge in [0.1, 0.15) is 17.5 Å². The molecule has 0 radical (unpaired) electrons. The average molecular weight is 632 g/mol. The quantitative estimate of drug-likeness (QED) is 0.0738. The summed E-state index contributed by atoms with van der Waals surface area (Å²) in [6.07, 6.45) is 4.19. The number of anilines is 2. The average Bonchev–Trinajstić information content (AvgIpc) is 3.42. The number of unbranched alkanes of at least 4 members (excludes halogenated alkanes) is 3. The van der Waals surface area contributed by atoms with Crippen molar-refractivity contribution < 1.29 is 29.3 Å². The molecule has 12 nitrogen and oxygen atoms in total. The Morgan fingerprint density at radius 1 is 1.04 bits per heavy atom. The molecule has 0 aliphatic heterocycles. The van der Waals surface area contributed by atoms with E-state index in [1.54, 1.807) is 61.1 Å². The molecular formula is C34H41N7O5. The number of aromatic nitrogens is 3. The fraction of sp³-hybridized carbons (Fsp3) is 0.353. The van der Waals surface area contributed by atoms with E-state index in [0.717, 1.165) is 19.3 Å². The number of benzene rings is 2. The number of amidine groups is 1. The number of nitrogens with one attached hydrogen (secondary N) is 1. The molecule has 2 heterocycles. The second-order valence-electron chi connectivity index (χ2n) is 10.3. The zero-order valence-corrected chi connectivity index (χ0v) is 26.3. The van der Waals surface area contributed by atoms with Gasteiger partial charge < -0.3 is 25.1 Å². The van der Waals surface area contributed by atoms with Gasteiger partial charge in [-0.1, -0.05) is 32.3 Å². The van der Waals surface area contributed by atoms with Crippen LogP contribution in [0.5, 0.6) is 0 Å². The lowest BCUT2D eigenvalue weighted by molar-refractivity contribution is -0.142. The van der Waals surface area contributed by atoms with Crippen LogP contribution in [0.2, 0.25) is 0 Å². The zero-order chi connectivity index (χ0) is 36.4. The Morgan fingerprint density at radius 2 is 1.85 bits per heavy atom. The summed E-state index contributed by atoms with van der Waals surface area (Å²) in [6, 6.07) is 8.41. The van der Waals surface area contributed by atoms with E-state index < -0.39 is 42.1 Å². The summed E-state index contributed by atoms with van der Waals surface area (Å²) in [5.74, 6) is -0.427. The minimum Gasteiger partial charge on any atom is -0.466 e. The molecule has 0 atom stereocenters. The normalized spacial score (nSPS) is 12.5. The van der Waals surface area contributed by atoms with E-state index in [9.17, 15) is 14.4 Å². The molecule has 2 amide bonds. The molecule has 46 heavy (non-hydrogen) atoms. The maximum absolute atomic E-state index is 13.7. The fourth-order valence-corrected chi connectivity index (χ4v) is 4.54. The SMILES string of the molecule is [2H]c1c([2H])c(C(N)=NC(=O)OCCCCCC)c([2H])c([2H])c1NCc1nc2cc(C(=O)N(CCC(=O)OCC)c3ccccn3)ccc2n1C. The van der Waals surface area contributed by atoms with Gasteiger partial charge in [-0.3, -0.25) is 14.5 Å². The van der Waals surface area contributed by atoms with Crippen molar-refractivity contribution in [2.75, 3.05) is 30.0 Å². The molecule has 0 bridgehead atoms. The maximum Gasteiger partial charge on any atom is 0.435 e. The second-order valence-corrected chi connectivity index (χ2v) is 10.3. The number of aliphatic imine (C=N–C) groups is 1. The zero-order valence-electron chi connectivity index (χ0n) is 30.3. The number of nitrogens with two attached hydrogens (primary N) is 1. The highest BCUT2D eigenvalue weighted by molar-refractivity contribution is 6.07. The Hall–Kier alpha value is -5.26. The van der Waals surface area contributed by atoms with Crippen LogP contribution in [0.3, 0.4) is 0 Å². The van der Waals surface area contributed by atoms with Crippen LogP contribution < -0.4 is 16.0 Å². The van der Waals surface area contributed by atoms with Gasteiger partial charge in [-0.15, -0.1) is 0 Å². The van der Waals surface area contributed by atoms with Crippen LogP contribution in [0, 0.1) is 0 Å². The summed E-state index contributed by atoms with van der Waals surface area (Å²) in [4.78, 5) is 51.9.